The molecule has 0 saturated carbocycles. The predicted molar refractivity (Wildman–Crippen MR) is 97.6 cm³/mol. The molecule has 1 atom stereocenters. The van der Waals surface area contributed by atoms with E-state index in [4.69, 9.17) is 10.5 Å². The number of benzene rings is 2. The smallest absolute Gasteiger partial charge is 0.246 e. The van der Waals surface area contributed by atoms with Crippen molar-refractivity contribution >= 4 is 17.6 Å². The highest BCUT2D eigenvalue weighted by Crippen LogP contribution is 2.12. The highest BCUT2D eigenvalue weighted by Gasteiger charge is 2.19. The van der Waals surface area contributed by atoms with Gasteiger partial charge in [0.05, 0.1) is 0 Å². The molecule has 2 aromatic carbocycles. The van der Waals surface area contributed by atoms with Gasteiger partial charge in [-0.25, -0.2) is 0 Å². The van der Waals surface area contributed by atoms with E-state index < -0.39 is 17.9 Å². The van der Waals surface area contributed by atoms with E-state index in [0.29, 0.717) is 17.7 Å². The van der Waals surface area contributed by atoms with Gasteiger partial charge in [0.2, 0.25) is 11.8 Å². The summed E-state index contributed by atoms with van der Waals surface area (Å²) in [6.45, 7) is 2.06. The SMILES string of the molecule is CCOCC(=O)N[C@H](Cc1ccc(C(=O)c2ccccc2)cc1)C(N)=O. The lowest BCUT2D eigenvalue weighted by Gasteiger charge is -2.15. The summed E-state index contributed by atoms with van der Waals surface area (Å²) in [7, 11) is 0. The number of carbonyl (C=O) groups excluding carboxylic acids is 3. The molecule has 0 aliphatic carbocycles. The van der Waals surface area contributed by atoms with Crippen molar-refractivity contribution in [1.29, 1.82) is 0 Å². The molecule has 2 aromatic rings. The minimum atomic E-state index is -0.835. The molecule has 0 aliphatic heterocycles. The summed E-state index contributed by atoms with van der Waals surface area (Å²) < 4.78 is 5.01. The number of ether oxygens (including phenoxy) is 1. The number of amides is 2. The van der Waals surface area contributed by atoms with Crippen LogP contribution in [0, 0.1) is 0 Å². The Morgan fingerprint density at radius 1 is 1.00 bits per heavy atom. The number of primary amides is 1. The van der Waals surface area contributed by atoms with Crippen LogP contribution in [0.1, 0.15) is 28.4 Å². The number of ketones is 1. The maximum Gasteiger partial charge on any atom is 0.246 e. The molecule has 0 heterocycles. The molecule has 2 rings (SSSR count). The van der Waals surface area contributed by atoms with Crippen LogP contribution < -0.4 is 11.1 Å². The first-order valence-electron chi connectivity index (χ1n) is 8.36. The third-order valence-corrected chi connectivity index (χ3v) is 3.81. The van der Waals surface area contributed by atoms with Crippen LogP contribution in [0.2, 0.25) is 0 Å². The maximum atomic E-state index is 12.4. The molecule has 0 spiro atoms. The van der Waals surface area contributed by atoms with Gasteiger partial charge < -0.3 is 15.8 Å². The van der Waals surface area contributed by atoms with Gasteiger partial charge in [-0.05, 0) is 12.5 Å². The van der Waals surface area contributed by atoms with Crippen LogP contribution in [0.15, 0.2) is 54.6 Å². The van der Waals surface area contributed by atoms with Gasteiger partial charge in [0.25, 0.3) is 0 Å². The molecule has 136 valence electrons. The predicted octanol–water partition coefficient (Wildman–Crippen LogP) is 1.47. The Bertz CT molecular complexity index is 757. The van der Waals surface area contributed by atoms with Gasteiger partial charge in [-0.1, -0.05) is 54.6 Å². The van der Waals surface area contributed by atoms with E-state index in [1.54, 1.807) is 43.3 Å². The van der Waals surface area contributed by atoms with E-state index in [1.165, 1.54) is 0 Å². The van der Waals surface area contributed by atoms with Crippen LogP contribution in [0.4, 0.5) is 0 Å². The van der Waals surface area contributed by atoms with Crippen LogP contribution in [0.3, 0.4) is 0 Å². The normalized spacial score (nSPS) is 11.6. The number of carbonyl (C=O) groups is 3. The minimum absolute atomic E-state index is 0.0754. The molecule has 0 bridgehead atoms. The third-order valence-electron chi connectivity index (χ3n) is 3.81. The van der Waals surface area contributed by atoms with Gasteiger partial charge in [-0.3, -0.25) is 14.4 Å². The average molecular weight is 354 g/mol. The highest BCUT2D eigenvalue weighted by atomic mass is 16.5. The van der Waals surface area contributed by atoms with Crippen molar-refractivity contribution in [3.63, 3.8) is 0 Å². The van der Waals surface area contributed by atoms with E-state index in [1.807, 2.05) is 18.2 Å². The second-order valence-corrected chi connectivity index (χ2v) is 5.76. The Morgan fingerprint density at radius 2 is 1.62 bits per heavy atom. The summed E-state index contributed by atoms with van der Waals surface area (Å²) >= 11 is 0. The quantitative estimate of drug-likeness (QED) is 0.666. The maximum absolute atomic E-state index is 12.4. The highest BCUT2D eigenvalue weighted by molar-refractivity contribution is 6.08. The van der Waals surface area contributed by atoms with Crippen molar-refractivity contribution < 1.29 is 19.1 Å². The molecule has 0 aliphatic rings. The zero-order chi connectivity index (χ0) is 18.9. The summed E-state index contributed by atoms with van der Waals surface area (Å²) in [5, 5.41) is 2.56. The Hall–Kier alpha value is -2.99. The van der Waals surface area contributed by atoms with Crippen molar-refractivity contribution in [3.05, 3.63) is 71.3 Å². The fourth-order valence-electron chi connectivity index (χ4n) is 2.44. The first-order valence-corrected chi connectivity index (χ1v) is 8.36. The van der Waals surface area contributed by atoms with Crippen molar-refractivity contribution in [2.24, 2.45) is 5.73 Å². The largest absolute Gasteiger partial charge is 0.372 e. The van der Waals surface area contributed by atoms with Gasteiger partial charge in [-0.15, -0.1) is 0 Å². The molecule has 0 radical (unpaired) electrons. The van der Waals surface area contributed by atoms with E-state index in [0.717, 1.165) is 5.56 Å². The first kappa shape index (κ1) is 19.3. The van der Waals surface area contributed by atoms with Crippen LogP contribution >= 0.6 is 0 Å². The van der Waals surface area contributed by atoms with E-state index in [-0.39, 0.29) is 18.8 Å². The van der Waals surface area contributed by atoms with Gasteiger partial charge in [0.1, 0.15) is 12.6 Å². The number of nitrogens with one attached hydrogen (secondary N) is 1. The van der Waals surface area contributed by atoms with Crippen LogP contribution in [-0.4, -0.2) is 36.9 Å². The molecule has 0 unspecified atom stereocenters. The molecule has 26 heavy (non-hydrogen) atoms. The summed E-state index contributed by atoms with van der Waals surface area (Å²) in [6, 6.07) is 15.0. The molecule has 3 N–H and O–H groups in total. The fraction of sp³-hybridized carbons (Fsp3) is 0.250. The molecular formula is C20H22N2O4. The number of hydrogen-bond donors (Lipinski definition) is 2. The third kappa shape index (κ3) is 5.53. The molecule has 0 aromatic heterocycles. The monoisotopic (exact) mass is 354 g/mol. The zero-order valence-corrected chi connectivity index (χ0v) is 14.6. The van der Waals surface area contributed by atoms with E-state index >= 15 is 0 Å². The lowest BCUT2D eigenvalue weighted by atomic mass is 9.99. The van der Waals surface area contributed by atoms with Gasteiger partial charge in [0.15, 0.2) is 5.78 Å². The molecule has 6 heteroatoms. The Balaban J connectivity index is 2.03. The lowest BCUT2D eigenvalue weighted by Crippen LogP contribution is -2.47. The van der Waals surface area contributed by atoms with Crippen LogP contribution in [0.25, 0.3) is 0 Å². The summed E-state index contributed by atoms with van der Waals surface area (Å²) in [5.41, 5.74) is 7.32. The Kier molecular flexibility index (Phi) is 7.05. The Labute approximate surface area is 152 Å². The molecule has 0 saturated heterocycles. The lowest BCUT2D eigenvalue weighted by molar-refractivity contribution is -0.130. The first-order chi connectivity index (χ1) is 12.5. The van der Waals surface area contributed by atoms with Gasteiger partial charge in [-0.2, -0.15) is 0 Å². The number of rotatable bonds is 9. The topological polar surface area (TPSA) is 98.5 Å². The summed E-state index contributed by atoms with van der Waals surface area (Å²) in [6.07, 6.45) is 0.243. The molecule has 0 fully saturated rings. The number of nitrogens with two attached hydrogens (primary N) is 1. The van der Waals surface area contributed by atoms with Crippen LogP contribution in [0.5, 0.6) is 0 Å². The van der Waals surface area contributed by atoms with Crippen molar-refractivity contribution in [2.75, 3.05) is 13.2 Å². The minimum Gasteiger partial charge on any atom is -0.372 e. The van der Waals surface area contributed by atoms with Gasteiger partial charge in [0, 0.05) is 24.2 Å². The molecule has 2 amide bonds. The van der Waals surface area contributed by atoms with Crippen molar-refractivity contribution in [3.8, 4) is 0 Å². The second kappa shape index (κ2) is 9.48. The Morgan fingerprint density at radius 3 is 2.19 bits per heavy atom. The molecule has 6 nitrogen and oxygen atoms in total. The standard InChI is InChI=1S/C20H22N2O4/c1-2-26-13-18(23)22-17(20(21)25)12-14-8-10-16(11-9-14)19(24)15-6-4-3-5-7-15/h3-11,17H,2,12-13H2,1H3,(H2,21,25)(H,22,23)/t17-/m1/s1. The number of hydrogen-bond acceptors (Lipinski definition) is 4. The summed E-state index contributed by atoms with van der Waals surface area (Å²) in [5.74, 6) is -1.10. The second-order valence-electron chi connectivity index (χ2n) is 5.76. The average Bonchev–Trinajstić information content (AvgIpc) is 2.66. The molecular weight excluding hydrogens is 332 g/mol. The van der Waals surface area contributed by atoms with Gasteiger partial charge >= 0.3 is 0 Å². The zero-order valence-electron chi connectivity index (χ0n) is 14.6. The summed E-state index contributed by atoms with van der Waals surface area (Å²) in [4.78, 5) is 35.7. The van der Waals surface area contributed by atoms with Crippen LogP contribution in [-0.2, 0) is 20.7 Å². The van der Waals surface area contributed by atoms with Crippen molar-refractivity contribution in [2.45, 2.75) is 19.4 Å². The fourth-order valence-corrected chi connectivity index (χ4v) is 2.44. The van der Waals surface area contributed by atoms with Crippen molar-refractivity contribution in [1.82, 2.24) is 5.32 Å². The van der Waals surface area contributed by atoms with E-state index in [9.17, 15) is 14.4 Å². The van der Waals surface area contributed by atoms with E-state index in [2.05, 4.69) is 5.32 Å².